The number of benzene rings is 1. The van der Waals surface area contributed by atoms with E-state index in [1.165, 1.54) is 11.3 Å². The van der Waals surface area contributed by atoms with Gasteiger partial charge in [-0.05, 0) is 50.2 Å². The van der Waals surface area contributed by atoms with Crippen LogP contribution >= 0.6 is 11.8 Å². The number of hydrogen-bond donors (Lipinski definition) is 0. The van der Waals surface area contributed by atoms with Crippen molar-refractivity contribution in [1.82, 2.24) is 0 Å². The van der Waals surface area contributed by atoms with Crippen LogP contribution in [0.1, 0.15) is 26.2 Å². The summed E-state index contributed by atoms with van der Waals surface area (Å²) >= 11 is 1.86. The van der Waals surface area contributed by atoms with Gasteiger partial charge >= 0.3 is 10.4 Å². The summed E-state index contributed by atoms with van der Waals surface area (Å²) in [5.74, 6) is 0.845. The van der Waals surface area contributed by atoms with E-state index in [0.29, 0.717) is 17.1 Å². The monoisotopic (exact) mass is 328 g/mol. The molecule has 1 aromatic carbocycles. The molecule has 4 nitrogen and oxygen atoms in total. The highest BCUT2D eigenvalue weighted by Gasteiger charge is 2.50. The molecule has 2 aliphatic carbocycles. The third-order valence-corrected chi connectivity index (χ3v) is 6.85. The fourth-order valence-corrected chi connectivity index (χ4v) is 5.90. The zero-order valence-corrected chi connectivity index (χ0v) is 13.6. The Morgan fingerprint density at radius 2 is 2.00 bits per heavy atom. The first-order valence-corrected chi connectivity index (χ1v) is 9.59. The highest BCUT2D eigenvalue weighted by Crippen LogP contribution is 2.53. The topological polar surface area (TPSA) is 52.6 Å². The third kappa shape index (κ3) is 3.44. The Hall–Kier alpha value is -0.560. The van der Waals surface area contributed by atoms with Gasteiger partial charge in [-0.15, -0.1) is 11.8 Å². The molecule has 6 heteroatoms. The smallest absolute Gasteiger partial charge is 0.248 e. The highest BCUT2D eigenvalue weighted by molar-refractivity contribution is 8.00. The maximum absolute atomic E-state index is 11.7. The molecular weight excluding hydrogens is 308 g/mol. The van der Waals surface area contributed by atoms with Crippen molar-refractivity contribution >= 4 is 22.2 Å². The molecule has 0 aromatic heterocycles. The van der Waals surface area contributed by atoms with Gasteiger partial charge in [0.15, 0.2) is 0 Å². The predicted molar refractivity (Wildman–Crippen MR) is 82.3 cm³/mol. The zero-order chi connectivity index (χ0) is 14.9. The number of hydrogen-bond acceptors (Lipinski definition) is 5. The van der Waals surface area contributed by atoms with Crippen LogP contribution in [0, 0.1) is 11.8 Å². The van der Waals surface area contributed by atoms with E-state index in [9.17, 15) is 8.42 Å². The van der Waals surface area contributed by atoms with Crippen LogP contribution < -0.4 is 0 Å². The Morgan fingerprint density at radius 1 is 1.24 bits per heavy atom. The first-order chi connectivity index (χ1) is 10.1. The number of rotatable bonds is 6. The molecule has 3 rings (SSSR count). The number of fused-ring (bicyclic) bond motifs is 2. The second-order valence-corrected chi connectivity index (χ2v) is 8.08. The predicted octanol–water partition coefficient (Wildman–Crippen LogP) is 3.24. The van der Waals surface area contributed by atoms with E-state index in [1.54, 1.807) is 6.92 Å². The van der Waals surface area contributed by atoms with E-state index in [4.69, 9.17) is 8.37 Å². The van der Waals surface area contributed by atoms with Crippen molar-refractivity contribution in [1.29, 1.82) is 0 Å². The highest BCUT2D eigenvalue weighted by atomic mass is 32.3. The van der Waals surface area contributed by atoms with Crippen molar-refractivity contribution in [2.75, 3.05) is 6.61 Å². The lowest BCUT2D eigenvalue weighted by atomic mass is 9.98. The largest absolute Gasteiger partial charge is 0.400 e. The van der Waals surface area contributed by atoms with Gasteiger partial charge in [0.25, 0.3) is 0 Å². The molecular formula is C15H20O4S2. The van der Waals surface area contributed by atoms with Gasteiger partial charge in [-0.3, -0.25) is 0 Å². The molecule has 0 spiro atoms. The standard InChI is InChI=1S/C15H20O4S2/c1-2-18-21(16,17)19-14-10-11-8-9-13(14)15(11)20-12-6-4-3-5-7-12/h3-7,11,13-15H,2,8-10H2,1H3/t11-,13+,14-,15?/m1/s1. The molecule has 4 atom stereocenters. The van der Waals surface area contributed by atoms with Crippen LogP contribution in [-0.4, -0.2) is 26.4 Å². The van der Waals surface area contributed by atoms with Crippen molar-refractivity contribution < 1.29 is 16.8 Å². The van der Waals surface area contributed by atoms with E-state index >= 15 is 0 Å². The van der Waals surface area contributed by atoms with E-state index in [1.807, 2.05) is 30.0 Å². The van der Waals surface area contributed by atoms with E-state index in [2.05, 4.69) is 12.1 Å². The van der Waals surface area contributed by atoms with Crippen LogP contribution in [0.3, 0.4) is 0 Å². The van der Waals surface area contributed by atoms with Gasteiger partial charge in [0.05, 0.1) is 12.7 Å². The molecule has 2 fully saturated rings. The van der Waals surface area contributed by atoms with Crippen LogP contribution in [0.2, 0.25) is 0 Å². The summed E-state index contributed by atoms with van der Waals surface area (Å²) in [6.07, 6.45) is 2.81. The summed E-state index contributed by atoms with van der Waals surface area (Å²) in [7, 11) is -3.84. The molecule has 2 bridgehead atoms. The Kier molecular flexibility index (Phi) is 4.59. The summed E-state index contributed by atoms with van der Waals surface area (Å²) in [5.41, 5.74) is 0. The van der Waals surface area contributed by atoms with Gasteiger partial charge < -0.3 is 0 Å². The summed E-state index contributed by atoms with van der Waals surface area (Å²) in [5, 5.41) is 0.453. The molecule has 0 amide bonds. The normalized spacial score (nSPS) is 31.7. The molecule has 116 valence electrons. The van der Waals surface area contributed by atoms with Crippen molar-refractivity contribution in [3.63, 3.8) is 0 Å². The fraction of sp³-hybridized carbons (Fsp3) is 0.600. The van der Waals surface area contributed by atoms with Gasteiger partial charge in [0.1, 0.15) is 0 Å². The first-order valence-electron chi connectivity index (χ1n) is 7.38. The summed E-state index contributed by atoms with van der Waals surface area (Å²) in [6.45, 7) is 1.76. The molecule has 0 heterocycles. The van der Waals surface area contributed by atoms with Gasteiger partial charge in [0.2, 0.25) is 0 Å². The second-order valence-electron chi connectivity index (χ2n) is 5.58. The average Bonchev–Trinajstić information content (AvgIpc) is 2.96. The van der Waals surface area contributed by atoms with E-state index in [0.717, 1.165) is 12.8 Å². The summed E-state index contributed by atoms with van der Waals surface area (Å²) in [4.78, 5) is 1.24. The van der Waals surface area contributed by atoms with Gasteiger partial charge in [-0.25, -0.2) is 8.37 Å². The fourth-order valence-electron chi connectivity index (χ4n) is 3.48. The van der Waals surface area contributed by atoms with E-state index in [-0.39, 0.29) is 12.7 Å². The lowest BCUT2D eigenvalue weighted by Gasteiger charge is -2.21. The minimum Gasteiger partial charge on any atom is -0.248 e. The van der Waals surface area contributed by atoms with Crippen molar-refractivity contribution in [2.45, 2.75) is 42.4 Å². The van der Waals surface area contributed by atoms with Crippen LogP contribution in [0.25, 0.3) is 0 Å². The van der Waals surface area contributed by atoms with Crippen LogP contribution in [0.4, 0.5) is 0 Å². The van der Waals surface area contributed by atoms with Gasteiger partial charge in [-0.1, -0.05) is 18.2 Å². The first kappa shape index (κ1) is 15.3. The molecule has 0 aliphatic heterocycles. The maximum Gasteiger partial charge on any atom is 0.400 e. The van der Waals surface area contributed by atoms with Crippen LogP contribution in [0.5, 0.6) is 0 Å². The van der Waals surface area contributed by atoms with Gasteiger partial charge in [0, 0.05) is 10.1 Å². The lowest BCUT2D eigenvalue weighted by Crippen LogP contribution is -2.26. The van der Waals surface area contributed by atoms with Crippen molar-refractivity contribution in [2.24, 2.45) is 11.8 Å². The van der Waals surface area contributed by atoms with Crippen molar-refractivity contribution in [3.8, 4) is 0 Å². The van der Waals surface area contributed by atoms with Crippen LogP contribution in [-0.2, 0) is 18.8 Å². The molecule has 0 radical (unpaired) electrons. The third-order valence-electron chi connectivity index (χ3n) is 4.29. The number of thioether (sulfide) groups is 1. The second kappa shape index (κ2) is 6.28. The quantitative estimate of drug-likeness (QED) is 0.802. The molecule has 21 heavy (non-hydrogen) atoms. The molecule has 1 unspecified atom stereocenters. The molecule has 2 aliphatic rings. The maximum atomic E-state index is 11.7. The minimum absolute atomic E-state index is 0.116. The van der Waals surface area contributed by atoms with Crippen molar-refractivity contribution in [3.05, 3.63) is 30.3 Å². The molecule has 0 saturated heterocycles. The Labute approximate surface area is 130 Å². The molecule has 2 saturated carbocycles. The molecule has 0 N–H and O–H groups in total. The minimum atomic E-state index is -3.84. The Balaban J connectivity index is 1.67. The molecule has 1 aromatic rings. The summed E-state index contributed by atoms with van der Waals surface area (Å²) < 4.78 is 33.3. The average molecular weight is 328 g/mol. The zero-order valence-electron chi connectivity index (χ0n) is 12.0. The van der Waals surface area contributed by atoms with Gasteiger partial charge in [-0.2, -0.15) is 8.42 Å². The van der Waals surface area contributed by atoms with Crippen LogP contribution in [0.15, 0.2) is 35.2 Å². The SMILES string of the molecule is CCOS(=O)(=O)O[C@@H]1C[C@H]2CC[C@@H]1C2Sc1ccccc1. The lowest BCUT2D eigenvalue weighted by molar-refractivity contribution is 0.115. The van der Waals surface area contributed by atoms with E-state index < -0.39 is 10.4 Å². The summed E-state index contributed by atoms with van der Waals surface area (Å²) in [6, 6.07) is 10.3. The Morgan fingerprint density at radius 3 is 2.71 bits per heavy atom. The Bertz CT molecular complexity index is 573.